The minimum atomic E-state index is 0.872. The summed E-state index contributed by atoms with van der Waals surface area (Å²) in [6, 6.07) is 17.8. The third-order valence-corrected chi connectivity index (χ3v) is 2.00. The molecule has 0 atom stereocenters. The van der Waals surface area contributed by atoms with Gasteiger partial charge in [0.05, 0.1) is 0 Å². The van der Waals surface area contributed by atoms with Crippen LogP contribution < -0.4 is 4.74 Å². The normalized spacial score (nSPS) is 8.28. The Bertz CT molecular complexity index is 390. The Labute approximate surface area is 111 Å². The maximum absolute atomic E-state index is 5.63. The molecule has 0 saturated carbocycles. The van der Waals surface area contributed by atoms with Crippen LogP contribution in [-0.4, -0.2) is 0 Å². The Morgan fingerprint density at radius 3 is 1.56 bits per heavy atom. The largest absolute Gasteiger partial charge is 0.457 e. The van der Waals surface area contributed by atoms with Crippen molar-refractivity contribution >= 4 is 0 Å². The zero-order valence-electron chi connectivity index (χ0n) is 12.1. The summed E-state index contributed by atoms with van der Waals surface area (Å²) in [5.41, 5.74) is 1.24. The maximum Gasteiger partial charge on any atom is 0.127 e. The quantitative estimate of drug-likeness (QED) is 0.644. The lowest BCUT2D eigenvalue weighted by molar-refractivity contribution is 0.482. The summed E-state index contributed by atoms with van der Waals surface area (Å²) >= 11 is 0. The standard InChI is InChI=1S/C13H12O.2C2H6/c1-11-7-9-13(10-8-11)14-12-5-3-2-4-6-12;2*1-2/h2-10H,1H3;2*1-2H3. The van der Waals surface area contributed by atoms with Crippen LogP contribution in [0.25, 0.3) is 0 Å². The molecule has 18 heavy (non-hydrogen) atoms. The predicted molar refractivity (Wildman–Crippen MR) is 80.4 cm³/mol. The molecule has 1 nitrogen and oxygen atoms in total. The van der Waals surface area contributed by atoms with Crippen molar-refractivity contribution in [2.75, 3.05) is 0 Å². The first-order chi connectivity index (χ1) is 8.84. The van der Waals surface area contributed by atoms with Crippen molar-refractivity contribution in [1.82, 2.24) is 0 Å². The van der Waals surface area contributed by atoms with Gasteiger partial charge in [0, 0.05) is 0 Å². The van der Waals surface area contributed by atoms with Gasteiger partial charge < -0.3 is 4.74 Å². The second kappa shape index (κ2) is 10.4. The second-order valence-electron chi connectivity index (χ2n) is 3.23. The highest BCUT2D eigenvalue weighted by Crippen LogP contribution is 2.20. The number of hydrogen-bond donors (Lipinski definition) is 0. The molecule has 0 bridgehead atoms. The Hall–Kier alpha value is -1.76. The van der Waals surface area contributed by atoms with Crippen molar-refractivity contribution in [3.05, 3.63) is 60.2 Å². The van der Waals surface area contributed by atoms with Gasteiger partial charge in [0.25, 0.3) is 0 Å². The first-order valence-corrected chi connectivity index (χ1v) is 6.64. The van der Waals surface area contributed by atoms with Crippen LogP contribution in [0.4, 0.5) is 0 Å². The topological polar surface area (TPSA) is 9.23 Å². The number of ether oxygens (including phenoxy) is 1. The molecule has 0 aliphatic carbocycles. The van der Waals surface area contributed by atoms with Crippen molar-refractivity contribution < 1.29 is 4.74 Å². The van der Waals surface area contributed by atoms with Crippen LogP contribution in [0, 0.1) is 6.92 Å². The lowest BCUT2D eigenvalue weighted by Gasteiger charge is -2.04. The minimum absolute atomic E-state index is 0.872. The van der Waals surface area contributed by atoms with Crippen molar-refractivity contribution in [1.29, 1.82) is 0 Å². The molecule has 0 heterocycles. The summed E-state index contributed by atoms with van der Waals surface area (Å²) < 4.78 is 5.63. The third kappa shape index (κ3) is 6.09. The average Bonchev–Trinajstić information content (AvgIpc) is 2.47. The molecule has 0 aliphatic heterocycles. The van der Waals surface area contributed by atoms with Gasteiger partial charge in [-0.2, -0.15) is 0 Å². The lowest BCUT2D eigenvalue weighted by Crippen LogP contribution is -1.82. The van der Waals surface area contributed by atoms with E-state index in [4.69, 9.17) is 4.74 Å². The summed E-state index contributed by atoms with van der Waals surface area (Å²) in [6.45, 7) is 10.1. The van der Waals surface area contributed by atoms with Crippen LogP contribution in [-0.2, 0) is 0 Å². The molecule has 2 rings (SSSR count). The lowest BCUT2D eigenvalue weighted by atomic mass is 10.2. The average molecular weight is 244 g/mol. The molecule has 0 spiro atoms. The molecule has 0 aromatic heterocycles. The van der Waals surface area contributed by atoms with E-state index in [-0.39, 0.29) is 0 Å². The third-order valence-electron chi connectivity index (χ3n) is 2.00. The summed E-state index contributed by atoms with van der Waals surface area (Å²) in [6.07, 6.45) is 0. The first kappa shape index (κ1) is 16.2. The fourth-order valence-electron chi connectivity index (χ4n) is 1.23. The van der Waals surface area contributed by atoms with E-state index in [1.807, 2.05) is 82.3 Å². The Morgan fingerprint density at radius 1 is 0.611 bits per heavy atom. The smallest absolute Gasteiger partial charge is 0.127 e. The van der Waals surface area contributed by atoms with Crippen LogP contribution in [0.15, 0.2) is 54.6 Å². The Balaban J connectivity index is 0.000000659. The molecular weight excluding hydrogens is 220 g/mol. The molecule has 0 unspecified atom stereocenters. The van der Waals surface area contributed by atoms with Gasteiger partial charge in [0.2, 0.25) is 0 Å². The van der Waals surface area contributed by atoms with E-state index in [1.165, 1.54) is 5.56 Å². The van der Waals surface area contributed by atoms with Gasteiger partial charge in [-0.25, -0.2) is 0 Å². The van der Waals surface area contributed by atoms with Gasteiger partial charge >= 0.3 is 0 Å². The van der Waals surface area contributed by atoms with Gasteiger partial charge in [-0.1, -0.05) is 63.6 Å². The molecule has 2 aromatic carbocycles. The zero-order chi connectivity index (χ0) is 13.8. The van der Waals surface area contributed by atoms with E-state index >= 15 is 0 Å². The number of para-hydroxylation sites is 1. The van der Waals surface area contributed by atoms with E-state index in [0.717, 1.165) is 11.5 Å². The van der Waals surface area contributed by atoms with Gasteiger partial charge in [-0.3, -0.25) is 0 Å². The molecule has 0 aliphatic rings. The van der Waals surface area contributed by atoms with Crippen LogP contribution in [0.3, 0.4) is 0 Å². The fourth-order valence-corrected chi connectivity index (χ4v) is 1.23. The molecule has 0 radical (unpaired) electrons. The first-order valence-electron chi connectivity index (χ1n) is 6.64. The van der Waals surface area contributed by atoms with Gasteiger partial charge in [0.15, 0.2) is 0 Å². The van der Waals surface area contributed by atoms with Crippen molar-refractivity contribution in [3.63, 3.8) is 0 Å². The van der Waals surface area contributed by atoms with E-state index in [2.05, 4.69) is 6.92 Å². The summed E-state index contributed by atoms with van der Waals surface area (Å²) in [7, 11) is 0. The second-order valence-corrected chi connectivity index (χ2v) is 3.23. The van der Waals surface area contributed by atoms with E-state index < -0.39 is 0 Å². The molecular formula is C17H24O. The van der Waals surface area contributed by atoms with Crippen LogP contribution in [0.2, 0.25) is 0 Å². The number of benzene rings is 2. The van der Waals surface area contributed by atoms with Crippen molar-refractivity contribution in [3.8, 4) is 11.5 Å². The zero-order valence-corrected chi connectivity index (χ0v) is 12.1. The molecule has 0 N–H and O–H groups in total. The highest BCUT2D eigenvalue weighted by Gasteiger charge is 1.94. The molecule has 0 saturated heterocycles. The van der Waals surface area contributed by atoms with Crippen LogP contribution in [0.1, 0.15) is 33.3 Å². The monoisotopic (exact) mass is 244 g/mol. The predicted octanol–water partition coefficient (Wildman–Crippen LogP) is 5.84. The SMILES string of the molecule is CC.CC.Cc1ccc(Oc2ccccc2)cc1. The summed E-state index contributed by atoms with van der Waals surface area (Å²) in [5, 5.41) is 0. The van der Waals surface area contributed by atoms with Crippen LogP contribution in [0.5, 0.6) is 11.5 Å². The van der Waals surface area contributed by atoms with Crippen molar-refractivity contribution in [2.24, 2.45) is 0 Å². The fraction of sp³-hybridized carbons (Fsp3) is 0.294. The number of rotatable bonds is 2. The molecule has 0 fully saturated rings. The maximum atomic E-state index is 5.63. The summed E-state index contributed by atoms with van der Waals surface area (Å²) in [4.78, 5) is 0. The van der Waals surface area contributed by atoms with Gasteiger partial charge in [0.1, 0.15) is 11.5 Å². The molecule has 2 aromatic rings. The van der Waals surface area contributed by atoms with Crippen LogP contribution >= 0.6 is 0 Å². The molecule has 0 amide bonds. The van der Waals surface area contributed by atoms with E-state index in [9.17, 15) is 0 Å². The minimum Gasteiger partial charge on any atom is -0.457 e. The van der Waals surface area contributed by atoms with Gasteiger partial charge in [-0.15, -0.1) is 0 Å². The van der Waals surface area contributed by atoms with E-state index in [0.29, 0.717) is 0 Å². The highest BCUT2D eigenvalue weighted by molar-refractivity contribution is 5.32. The Morgan fingerprint density at radius 2 is 1.06 bits per heavy atom. The van der Waals surface area contributed by atoms with Gasteiger partial charge in [-0.05, 0) is 31.2 Å². The summed E-state index contributed by atoms with van der Waals surface area (Å²) in [5.74, 6) is 1.75. The molecule has 1 heteroatoms. The number of hydrogen-bond acceptors (Lipinski definition) is 1. The van der Waals surface area contributed by atoms with E-state index in [1.54, 1.807) is 0 Å². The Kier molecular flexibility index (Phi) is 9.38. The van der Waals surface area contributed by atoms with Crippen molar-refractivity contribution in [2.45, 2.75) is 34.6 Å². The number of aryl methyl sites for hydroxylation is 1. The highest BCUT2D eigenvalue weighted by atomic mass is 16.5. The molecule has 98 valence electrons.